The van der Waals surface area contributed by atoms with Crippen molar-refractivity contribution < 1.29 is 4.42 Å². The number of rotatable bonds is 2. The molecule has 1 heterocycles. The quantitative estimate of drug-likeness (QED) is 0.810. The molecule has 3 heteroatoms. The van der Waals surface area contributed by atoms with Gasteiger partial charge in [-0.25, -0.2) is 4.98 Å². The Labute approximate surface area is 87.9 Å². The van der Waals surface area contributed by atoms with Crippen LogP contribution >= 0.6 is 0 Å². The van der Waals surface area contributed by atoms with Gasteiger partial charge in [0, 0.05) is 5.56 Å². The molecule has 0 bridgehead atoms. The van der Waals surface area contributed by atoms with Crippen LogP contribution in [0.4, 0.5) is 6.01 Å². The Hall–Kier alpha value is -1.77. The summed E-state index contributed by atoms with van der Waals surface area (Å²) in [6, 6.07) is 8.66. The molecule has 1 aliphatic carbocycles. The molecular formula is C12H12N2O. The van der Waals surface area contributed by atoms with Crippen molar-refractivity contribution >= 4 is 6.01 Å². The van der Waals surface area contributed by atoms with Gasteiger partial charge >= 0.3 is 0 Å². The molecule has 0 unspecified atom stereocenters. The van der Waals surface area contributed by atoms with Crippen LogP contribution < -0.4 is 5.73 Å². The summed E-state index contributed by atoms with van der Waals surface area (Å²) >= 11 is 0. The zero-order chi connectivity index (χ0) is 10.3. The standard InChI is InChI=1S/C12H12N2O/c13-12-14-7-11(15-12)10-5-3-9(4-6-10)8-1-2-8/h3-8H,1-2H2,(H2,13,14). The second-order valence-corrected chi connectivity index (χ2v) is 3.96. The van der Waals surface area contributed by atoms with Crippen molar-refractivity contribution in [2.75, 3.05) is 5.73 Å². The molecule has 0 atom stereocenters. The molecule has 1 saturated carbocycles. The number of aromatic nitrogens is 1. The van der Waals surface area contributed by atoms with Crippen molar-refractivity contribution in [3.8, 4) is 11.3 Å². The Morgan fingerprint density at radius 2 is 1.93 bits per heavy atom. The Morgan fingerprint density at radius 1 is 1.20 bits per heavy atom. The number of oxazole rings is 1. The van der Waals surface area contributed by atoms with Crippen LogP contribution in [-0.4, -0.2) is 4.98 Å². The molecule has 0 spiro atoms. The molecule has 2 aromatic rings. The zero-order valence-electron chi connectivity index (χ0n) is 8.31. The van der Waals surface area contributed by atoms with Gasteiger partial charge in [-0.05, 0) is 24.3 Å². The highest BCUT2D eigenvalue weighted by Gasteiger charge is 2.23. The molecule has 0 aliphatic heterocycles. The van der Waals surface area contributed by atoms with Crippen molar-refractivity contribution in [1.29, 1.82) is 0 Å². The van der Waals surface area contributed by atoms with Gasteiger partial charge in [0.05, 0.1) is 6.20 Å². The van der Waals surface area contributed by atoms with E-state index in [1.807, 2.05) is 0 Å². The number of nitrogens with two attached hydrogens (primary N) is 1. The normalized spacial score (nSPS) is 15.5. The maximum atomic E-state index is 5.43. The smallest absolute Gasteiger partial charge is 0.292 e. The lowest BCUT2D eigenvalue weighted by Gasteiger charge is -1.99. The number of hydrogen-bond acceptors (Lipinski definition) is 3. The van der Waals surface area contributed by atoms with Crippen molar-refractivity contribution in [2.45, 2.75) is 18.8 Å². The SMILES string of the molecule is Nc1ncc(-c2ccc(C3CC3)cc2)o1. The summed E-state index contributed by atoms with van der Waals surface area (Å²) in [7, 11) is 0. The van der Waals surface area contributed by atoms with Crippen LogP contribution in [0.1, 0.15) is 24.3 Å². The van der Waals surface area contributed by atoms with Gasteiger partial charge in [-0.2, -0.15) is 0 Å². The van der Waals surface area contributed by atoms with Gasteiger partial charge in [0.2, 0.25) is 0 Å². The van der Waals surface area contributed by atoms with E-state index in [0.29, 0.717) is 0 Å². The van der Waals surface area contributed by atoms with Crippen LogP contribution in [-0.2, 0) is 0 Å². The van der Waals surface area contributed by atoms with Crippen molar-refractivity contribution in [1.82, 2.24) is 4.98 Å². The Kier molecular flexibility index (Phi) is 1.78. The highest BCUT2D eigenvalue weighted by atomic mass is 16.4. The van der Waals surface area contributed by atoms with Crippen LogP contribution in [0.3, 0.4) is 0 Å². The highest BCUT2D eigenvalue weighted by molar-refractivity contribution is 5.57. The first-order valence-corrected chi connectivity index (χ1v) is 5.14. The summed E-state index contributed by atoms with van der Waals surface area (Å²) in [6.07, 6.45) is 4.31. The van der Waals surface area contributed by atoms with Gasteiger partial charge in [-0.15, -0.1) is 0 Å². The summed E-state index contributed by atoms with van der Waals surface area (Å²) in [5.41, 5.74) is 7.88. The van der Waals surface area contributed by atoms with E-state index >= 15 is 0 Å². The second-order valence-electron chi connectivity index (χ2n) is 3.96. The fourth-order valence-electron chi connectivity index (χ4n) is 1.76. The average molecular weight is 200 g/mol. The molecular weight excluding hydrogens is 188 g/mol. The zero-order valence-corrected chi connectivity index (χ0v) is 8.31. The first kappa shape index (κ1) is 8.53. The van der Waals surface area contributed by atoms with E-state index in [1.165, 1.54) is 18.4 Å². The summed E-state index contributed by atoms with van der Waals surface area (Å²) in [5, 5.41) is 0. The lowest BCUT2D eigenvalue weighted by Crippen LogP contribution is -1.80. The third kappa shape index (κ3) is 1.61. The first-order valence-electron chi connectivity index (χ1n) is 5.14. The predicted octanol–water partition coefficient (Wildman–Crippen LogP) is 2.80. The minimum Gasteiger partial charge on any atom is -0.424 e. The average Bonchev–Trinajstić information content (AvgIpc) is 3.02. The number of benzene rings is 1. The number of nitrogens with zero attached hydrogens (tertiary/aromatic N) is 1. The number of nitrogen functional groups attached to an aromatic ring is 1. The maximum absolute atomic E-state index is 5.43. The highest BCUT2D eigenvalue weighted by Crippen LogP contribution is 2.40. The molecule has 1 aromatic carbocycles. The summed E-state index contributed by atoms with van der Waals surface area (Å²) in [5.74, 6) is 1.52. The van der Waals surface area contributed by atoms with E-state index in [9.17, 15) is 0 Å². The second kappa shape index (κ2) is 3.12. The number of hydrogen-bond donors (Lipinski definition) is 1. The van der Waals surface area contributed by atoms with E-state index in [2.05, 4.69) is 29.2 Å². The van der Waals surface area contributed by atoms with Crippen LogP contribution in [0.2, 0.25) is 0 Å². The summed E-state index contributed by atoms with van der Waals surface area (Å²) in [4.78, 5) is 3.87. The van der Waals surface area contributed by atoms with Gasteiger partial charge in [-0.1, -0.05) is 24.3 Å². The minimum absolute atomic E-state index is 0.219. The van der Waals surface area contributed by atoms with Crippen molar-refractivity contribution in [2.24, 2.45) is 0 Å². The number of anilines is 1. The van der Waals surface area contributed by atoms with Gasteiger partial charge in [0.1, 0.15) is 0 Å². The van der Waals surface area contributed by atoms with Crippen molar-refractivity contribution in [3.05, 3.63) is 36.0 Å². The van der Waals surface area contributed by atoms with E-state index in [-0.39, 0.29) is 6.01 Å². The van der Waals surface area contributed by atoms with E-state index in [4.69, 9.17) is 10.2 Å². The molecule has 3 rings (SSSR count). The van der Waals surface area contributed by atoms with Crippen LogP contribution in [0.25, 0.3) is 11.3 Å². The minimum atomic E-state index is 0.219. The Balaban J connectivity index is 1.92. The van der Waals surface area contributed by atoms with Gasteiger partial charge in [0.25, 0.3) is 6.01 Å². The lowest BCUT2D eigenvalue weighted by molar-refractivity contribution is 0.595. The van der Waals surface area contributed by atoms with Gasteiger partial charge in [-0.3, -0.25) is 0 Å². The Morgan fingerprint density at radius 3 is 2.47 bits per heavy atom. The van der Waals surface area contributed by atoms with Crippen LogP contribution in [0.5, 0.6) is 0 Å². The lowest BCUT2D eigenvalue weighted by atomic mass is 10.1. The van der Waals surface area contributed by atoms with E-state index < -0.39 is 0 Å². The molecule has 3 nitrogen and oxygen atoms in total. The van der Waals surface area contributed by atoms with Crippen molar-refractivity contribution in [3.63, 3.8) is 0 Å². The fraction of sp³-hybridized carbons (Fsp3) is 0.250. The predicted molar refractivity (Wildman–Crippen MR) is 58.3 cm³/mol. The van der Waals surface area contributed by atoms with Gasteiger partial charge < -0.3 is 10.2 Å². The summed E-state index contributed by atoms with van der Waals surface area (Å²) < 4.78 is 5.25. The monoisotopic (exact) mass is 200 g/mol. The van der Waals surface area contributed by atoms with Gasteiger partial charge in [0.15, 0.2) is 5.76 Å². The fourth-order valence-corrected chi connectivity index (χ4v) is 1.76. The molecule has 0 amide bonds. The molecule has 0 saturated heterocycles. The van der Waals surface area contributed by atoms with E-state index in [0.717, 1.165) is 17.2 Å². The third-order valence-corrected chi connectivity index (χ3v) is 2.77. The molecule has 76 valence electrons. The van der Waals surface area contributed by atoms with Crippen LogP contribution in [0, 0.1) is 0 Å². The Bertz CT molecular complexity index is 469. The molecule has 1 fully saturated rings. The molecule has 15 heavy (non-hydrogen) atoms. The molecule has 0 radical (unpaired) electrons. The molecule has 1 aromatic heterocycles. The maximum Gasteiger partial charge on any atom is 0.292 e. The largest absolute Gasteiger partial charge is 0.424 e. The molecule has 2 N–H and O–H groups in total. The third-order valence-electron chi connectivity index (χ3n) is 2.77. The van der Waals surface area contributed by atoms with Crippen LogP contribution in [0.15, 0.2) is 34.9 Å². The summed E-state index contributed by atoms with van der Waals surface area (Å²) in [6.45, 7) is 0. The first-order chi connectivity index (χ1) is 7.33. The van der Waals surface area contributed by atoms with E-state index in [1.54, 1.807) is 6.20 Å². The topological polar surface area (TPSA) is 52.0 Å². The molecule has 1 aliphatic rings.